The molecule has 0 saturated carbocycles. The standard InChI is InChI=1S/C28H24F8N2O6S/c29-17-3-5-18(6-4-17)45(43,44)25-11-12-37(23(40)14-38-20(24(41)42)8-10-22(38)39)21(25)9-1-15-13-16(2-7-19(15)25)26(30,27(31,32)33)28(34,35)36/h2-7,13,20-21H,1,8-12,14H2,(H,41,42)/t20-,21+,25+/m0/s1. The third-order valence-corrected chi connectivity index (χ3v) is 11.5. The minimum atomic E-state index is -6.41. The van der Waals surface area contributed by atoms with Crippen LogP contribution in [-0.4, -0.2) is 78.6 Å². The highest BCUT2D eigenvalue weighted by Crippen LogP contribution is 2.56. The van der Waals surface area contributed by atoms with Gasteiger partial charge >= 0.3 is 24.0 Å². The van der Waals surface area contributed by atoms with Gasteiger partial charge in [0.25, 0.3) is 0 Å². The number of hydrogen-bond acceptors (Lipinski definition) is 5. The normalized spacial score (nSPS) is 24.0. The predicted octanol–water partition coefficient (Wildman–Crippen LogP) is 4.41. The lowest BCUT2D eigenvalue weighted by molar-refractivity contribution is -0.348. The Morgan fingerprint density at radius 1 is 0.933 bits per heavy atom. The van der Waals surface area contributed by atoms with E-state index in [1.54, 1.807) is 0 Å². The molecule has 2 amide bonds. The molecule has 1 aliphatic carbocycles. The predicted molar refractivity (Wildman–Crippen MR) is 137 cm³/mol. The lowest BCUT2D eigenvalue weighted by Crippen LogP contribution is -2.54. The zero-order valence-corrected chi connectivity index (χ0v) is 23.8. The monoisotopic (exact) mass is 668 g/mol. The van der Waals surface area contributed by atoms with Crippen molar-refractivity contribution in [2.24, 2.45) is 0 Å². The minimum Gasteiger partial charge on any atom is -0.480 e. The van der Waals surface area contributed by atoms with Gasteiger partial charge in [0.15, 0.2) is 9.84 Å². The Morgan fingerprint density at radius 3 is 2.13 bits per heavy atom. The Morgan fingerprint density at radius 2 is 1.56 bits per heavy atom. The maximum atomic E-state index is 15.0. The molecule has 2 aliphatic heterocycles. The number of halogens is 8. The molecule has 3 aliphatic rings. The summed E-state index contributed by atoms with van der Waals surface area (Å²) in [4.78, 5) is 39.0. The Labute approximate surface area is 250 Å². The largest absolute Gasteiger partial charge is 0.480 e. The molecule has 0 aromatic heterocycles. The highest BCUT2D eigenvalue weighted by molar-refractivity contribution is 7.92. The van der Waals surface area contributed by atoms with Gasteiger partial charge in [-0.1, -0.05) is 18.2 Å². The van der Waals surface area contributed by atoms with Gasteiger partial charge in [0.2, 0.25) is 11.8 Å². The summed E-state index contributed by atoms with van der Waals surface area (Å²) in [5.74, 6) is -3.60. The zero-order chi connectivity index (χ0) is 33.3. The van der Waals surface area contributed by atoms with Gasteiger partial charge in [0, 0.05) is 18.5 Å². The lowest BCUT2D eigenvalue weighted by atomic mass is 9.76. The van der Waals surface area contributed by atoms with Crippen LogP contribution in [0.15, 0.2) is 47.4 Å². The summed E-state index contributed by atoms with van der Waals surface area (Å²) in [7, 11) is -4.70. The second-order valence-corrected chi connectivity index (χ2v) is 13.4. The number of benzene rings is 2. The molecule has 2 aromatic carbocycles. The van der Waals surface area contributed by atoms with Gasteiger partial charge in [0.1, 0.15) is 23.2 Å². The molecule has 45 heavy (non-hydrogen) atoms. The molecule has 0 radical (unpaired) electrons. The quantitative estimate of drug-likeness (QED) is 0.361. The van der Waals surface area contributed by atoms with E-state index in [-0.39, 0.29) is 49.4 Å². The van der Waals surface area contributed by atoms with E-state index in [9.17, 15) is 63.0 Å². The summed E-state index contributed by atoms with van der Waals surface area (Å²) >= 11 is 0. The molecule has 3 atom stereocenters. The molecular formula is C28H24F8N2O6S. The fourth-order valence-electron chi connectivity index (χ4n) is 6.78. The van der Waals surface area contributed by atoms with E-state index >= 15 is 0 Å². The highest BCUT2D eigenvalue weighted by Gasteiger charge is 2.74. The first-order valence-corrected chi connectivity index (χ1v) is 15.0. The van der Waals surface area contributed by atoms with Crippen molar-refractivity contribution in [3.8, 4) is 0 Å². The summed E-state index contributed by atoms with van der Waals surface area (Å²) in [5.41, 5.74) is -8.14. The summed E-state index contributed by atoms with van der Waals surface area (Å²) in [6.07, 6.45) is -14.1. The van der Waals surface area contributed by atoms with Crippen molar-refractivity contribution in [3.63, 3.8) is 0 Å². The second-order valence-electron chi connectivity index (χ2n) is 11.2. The number of aryl methyl sites for hydroxylation is 1. The number of carbonyl (C=O) groups excluding carboxylic acids is 2. The van der Waals surface area contributed by atoms with E-state index in [2.05, 4.69) is 0 Å². The van der Waals surface area contributed by atoms with E-state index in [1.807, 2.05) is 0 Å². The van der Waals surface area contributed by atoms with Crippen molar-refractivity contribution in [2.45, 2.75) is 71.9 Å². The van der Waals surface area contributed by atoms with E-state index in [0.717, 1.165) is 34.1 Å². The van der Waals surface area contributed by atoms with Crippen molar-refractivity contribution < 1.29 is 63.0 Å². The molecule has 17 heteroatoms. The minimum absolute atomic E-state index is 0.0601. The fraction of sp³-hybridized carbons (Fsp3) is 0.464. The lowest BCUT2D eigenvalue weighted by Gasteiger charge is -2.43. The maximum Gasteiger partial charge on any atom is 0.435 e. The molecular weight excluding hydrogens is 644 g/mol. The van der Waals surface area contributed by atoms with E-state index < -0.39 is 91.7 Å². The van der Waals surface area contributed by atoms with Crippen LogP contribution < -0.4 is 0 Å². The highest BCUT2D eigenvalue weighted by atomic mass is 32.2. The fourth-order valence-corrected chi connectivity index (χ4v) is 9.14. The third kappa shape index (κ3) is 4.84. The Balaban J connectivity index is 1.63. The van der Waals surface area contributed by atoms with Gasteiger partial charge in [-0.25, -0.2) is 22.0 Å². The second kappa shape index (κ2) is 10.7. The van der Waals surface area contributed by atoms with Crippen molar-refractivity contribution in [3.05, 3.63) is 65.0 Å². The number of carbonyl (C=O) groups is 3. The average Bonchev–Trinajstić information content (AvgIpc) is 3.53. The van der Waals surface area contributed by atoms with Gasteiger partial charge in [-0.05, 0) is 61.1 Å². The maximum absolute atomic E-state index is 15.0. The van der Waals surface area contributed by atoms with Gasteiger partial charge in [-0.2, -0.15) is 26.3 Å². The van der Waals surface area contributed by atoms with Crippen LogP contribution in [0.5, 0.6) is 0 Å². The molecule has 2 aromatic rings. The number of carboxylic acid groups (broad SMARTS) is 1. The molecule has 1 N–H and O–H groups in total. The molecule has 0 spiro atoms. The van der Waals surface area contributed by atoms with Crippen LogP contribution >= 0.6 is 0 Å². The number of aliphatic carboxylic acids is 1. The van der Waals surface area contributed by atoms with Crippen molar-refractivity contribution >= 4 is 27.6 Å². The number of amides is 2. The molecule has 2 heterocycles. The van der Waals surface area contributed by atoms with Gasteiger partial charge < -0.3 is 14.9 Å². The topological polar surface area (TPSA) is 112 Å². The number of hydrogen-bond donors (Lipinski definition) is 1. The molecule has 2 fully saturated rings. The van der Waals surface area contributed by atoms with Crippen molar-refractivity contribution in [1.82, 2.24) is 9.80 Å². The SMILES string of the molecule is O=C(O)[C@@H]1CCC(=O)N1CC(=O)N1CC[C@@]2(S(=O)(=O)c3ccc(F)cc3)c3ccc(C(F)(C(F)(F)F)C(F)(F)F)cc3CC[C@@H]12. The first kappa shape index (κ1) is 32.6. The van der Waals surface area contributed by atoms with Crippen molar-refractivity contribution in [1.29, 1.82) is 0 Å². The molecule has 8 nitrogen and oxygen atoms in total. The number of alkyl halides is 7. The summed E-state index contributed by atoms with van der Waals surface area (Å²) < 4.78 is 136. The summed E-state index contributed by atoms with van der Waals surface area (Å²) in [5, 5.41) is 9.46. The average molecular weight is 669 g/mol. The van der Waals surface area contributed by atoms with E-state index in [1.165, 1.54) is 0 Å². The molecule has 2 saturated heterocycles. The molecule has 0 unspecified atom stereocenters. The summed E-state index contributed by atoms with van der Waals surface area (Å²) in [6, 6.07) is 2.16. The van der Waals surface area contributed by atoms with Crippen LogP contribution in [0.4, 0.5) is 35.1 Å². The number of nitrogens with zero attached hydrogens (tertiary/aromatic N) is 2. The smallest absolute Gasteiger partial charge is 0.435 e. The van der Waals surface area contributed by atoms with Gasteiger partial charge in [0.05, 0.1) is 10.9 Å². The number of likely N-dealkylation sites (tertiary alicyclic amines) is 2. The van der Waals surface area contributed by atoms with Crippen LogP contribution in [0.3, 0.4) is 0 Å². The number of rotatable bonds is 6. The number of carboxylic acids is 1. The first-order valence-electron chi connectivity index (χ1n) is 13.6. The Bertz CT molecular complexity index is 1650. The van der Waals surface area contributed by atoms with Crippen LogP contribution in [0.25, 0.3) is 0 Å². The Hall–Kier alpha value is -3.76. The summed E-state index contributed by atoms with van der Waals surface area (Å²) in [6.45, 7) is -1.02. The zero-order valence-electron chi connectivity index (χ0n) is 23.0. The van der Waals surface area contributed by atoms with E-state index in [4.69, 9.17) is 0 Å². The van der Waals surface area contributed by atoms with Crippen LogP contribution in [0.1, 0.15) is 42.4 Å². The van der Waals surface area contributed by atoms with Gasteiger partial charge in [-0.3, -0.25) is 9.59 Å². The van der Waals surface area contributed by atoms with E-state index in [0.29, 0.717) is 12.1 Å². The van der Waals surface area contributed by atoms with Crippen LogP contribution in [0, 0.1) is 5.82 Å². The third-order valence-electron chi connectivity index (χ3n) is 8.91. The van der Waals surface area contributed by atoms with Crippen LogP contribution in [-0.2, 0) is 41.1 Å². The Kier molecular flexibility index (Phi) is 7.73. The number of fused-ring (bicyclic) bond motifs is 3. The molecule has 0 bridgehead atoms. The van der Waals surface area contributed by atoms with Crippen LogP contribution in [0.2, 0.25) is 0 Å². The first-order chi connectivity index (χ1) is 20.8. The molecule has 5 rings (SSSR count). The van der Waals surface area contributed by atoms with Gasteiger partial charge in [-0.15, -0.1) is 0 Å². The number of sulfone groups is 1. The van der Waals surface area contributed by atoms with Crippen molar-refractivity contribution in [2.75, 3.05) is 13.1 Å². The molecule has 244 valence electrons.